The summed E-state index contributed by atoms with van der Waals surface area (Å²) in [5, 5.41) is 21.8. The van der Waals surface area contributed by atoms with Gasteiger partial charge in [-0.25, -0.2) is 4.39 Å². The summed E-state index contributed by atoms with van der Waals surface area (Å²) in [4.78, 5) is 15.9. The average Bonchev–Trinajstić information content (AvgIpc) is 3.05. The quantitative estimate of drug-likeness (QED) is 0.810. The summed E-state index contributed by atoms with van der Waals surface area (Å²) < 4.78 is 13.2. The van der Waals surface area contributed by atoms with Crippen LogP contribution >= 0.6 is 0 Å². The zero-order valence-electron chi connectivity index (χ0n) is 17.5. The Balaban J connectivity index is 1.39. The van der Waals surface area contributed by atoms with Crippen molar-refractivity contribution in [3.05, 3.63) is 65.0 Å². The molecule has 2 aromatic rings. The summed E-state index contributed by atoms with van der Waals surface area (Å²) in [6, 6.07) is 12.0. The second-order valence-electron chi connectivity index (χ2n) is 8.69. The SMILES string of the molecule is CC(=O)N1c2ccc([C@H](O)CN3CCC(O)(c4ccc(F)cc4)CC3)cc2C[C@H]1C. The Bertz CT molecular complexity index is 923. The molecule has 0 unspecified atom stereocenters. The molecule has 0 aliphatic carbocycles. The number of rotatable bonds is 4. The van der Waals surface area contributed by atoms with Crippen molar-refractivity contribution in [3.8, 4) is 0 Å². The zero-order valence-corrected chi connectivity index (χ0v) is 17.5. The van der Waals surface area contributed by atoms with Crippen LogP contribution in [0.4, 0.5) is 10.1 Å². The molecule has 0 bridgehead atoms. The molecule has 30 heavy (non-hydrogen) atoms. The highest BCUT2D eigenvalue weighted by Crippen LogP contribution is 2.36. The fourth-order valence-corrected chi connectivity index (χ4v) is 4.84. The summed E-state index contributed by atoms with van der Waals surface area (Å²) in [6.07, 6.45) is 1.25. The first kappa shape index (κ1) is 21.0. The second-order valence-corrected chi connectivity index (χ2v) is 8.69. The van der Waals surface area contributed by atoms with Crippen LogP contribution in [0.15, 0.2) is 42.5 Å². The van der Waals surface area contributed by atoms with Gasteiger partial charge in [0, 0.05) is 38.3 Å². The van der Waals surface area contributed by atoms with Crippen molar-refractivity contribution in [1.29, 1.82) is 0 Å². The van der Waals surface area contributed by atoms with E-state index < -0.39 is 11.7 Å². The van der Waals surface area contributed by atoms with Gasteiger partial charge in [-0.05, 0) is 61.1 Å². The van der Waals surface area contributed by atoms with Gasteiger partial charge in [0.05, 0.1) is 11.7 Å². The lowest BCUT2D eigenvalue weighted by Gasteiger charge is -2.39. The normalized spacial score (nSPS) is 22.0. The second kappa shape index (κ2) is 8.10. The number of carbonyl (C=O) groups is 1. The van der Waals surface area contributed by atoms with Crippen LogP contribution in [0.25, 0.3) is 0 Å². The Morgan fingerprint density at radius 3 is 2.50 bits per heavy atom. The molecule has 160 valence electrons. The van der Waals surface area contributed by atoms with Crippen molar-refractivity contribution in [1.82, 2.24) is 4.90 Å². The van der Waals surface area contributed by atoms with Gasteiger partial charge >= 0.3 is 0 Å². The van der Waals surface area contributed by atoms with Crippen LogP contribution in [0.1, 0.15) is 49.5 Å². The van der Waals surface area contributed by atoms with Crippen LogP contribution in [0.2, 0.25) is 0 Å². The molecule has 2 aromatic carbocycles. The van der Waals surface area contributed by atoms with Crippen LogP contribution in [0.5, 0.6) is 0 Å². The van der Waals surface area contributed by atoms with Gasteiger partial charge in [0.25, 0.3) is 0 Å². The number of β-amino-alcohol motifs (C(OH)–C–C–N with tert-alkyl or cyclic N) is 1. The van der Waals surface area contributed by atoms with Crippen molar-refractivity contribution in [2.75, 3.05) is 24.5 Å². The van der Waals surface area contributed by atoms with Gasteiger partial charge in [0.1, 0.15) is 5.82 Å². The lowest BCUT2D eigenvalue weighted by Crippen LogP contribution is -2.44. The van der Waals surface area contributed by atoms with Gasteiger partial charge in [0.15, 0.2) is 0 Å². The highest BCUT2D eigenvalue weighted by Gasteiger charge is 2.35. The van der Waals surface area contributed by atoms with Gasteiger partial charge in [-0.1, -0.05) is 24.3 Å². The van der Waals surface area contributed by atoms with Gasteiger partial charge in [-0.2, -0.15) is 0 Å². The fraction of sp³-hybridized carbons (Fsp3) is 0.458. The maximum absolute atomic E-state index is 13.2. The summed E-state index contributed by atoms with van der Waals surface area (Å²) in [5.41, 5.74) is 2.68. The standard InChI is InChI=1S/C24H29FN2O3/c1-16-13-19-14-18(3-8-22(19)27(16)17(2)28)23(29)15-26-11-9-24(30,10-12-26)20-4-6-21(25)7-5-20/h3-8,14,16,23,29-30H,9-13,15H2,1-2H3/t16-,23-/m1/s1. The van der Waals surface area contributed by atoms with E-state index in [1.807, 2.05) is 30.0 Å². The monoisotopic (exact) mass is 412 g/mol. The summed E-state index contributed by atoms with van der Waals surface area (Å²) in [7, 11) is 0. The van der Waals surface area contributed by atoms with E-state index in [4.69, 9.17) is 0 Å². The first-order valence-electron chi connectivity index (χ1n) is 10.6. The van der Waals surface area contributed by atoms with Crippen molar-refractivity contribution >= 4 is 11.6 Å². The van der Waals surface area contributed by atoms with Crippen molar-refractivity contribution in [3.63, 3.8) is 0 Å². The Hall–Kier alpha value is -2.28. The highest BCUT2D eigenvalue weighted by molar-refractivity contribution is 5.94. The molecule has 5 nitrogen and oxygen atoms in total. The van der Waals surface area contributed by atoms with Gasteiger partial charge in [-0.15, -0.1) is 0 Å². The number of fused-ring (bicyclic) bond motifs is 1. The van der Waals surface area contributed by atoms with Crippen LogP contribution < -0.4 is 4.90 Å². The minimum atomic E-state index is -0.949. The molecule has 1 amide bonds. The molecule has 2 aliphatic heterocycles. The van der Waals surface area contributed by atoms with Crippen molar-refractivity contribution in [2.24, 2.45) is 0 Å². The Labute approximate surface area is 176 Å². The van der Waals surface area contributed by atoms with E-state index in [9.17, 15) is 19.4 Å². The maximum Gasteiger partial charge on any atom is 0.224 e. The summed E-state index contributed by atoms with van der Waals surface area (Å²) in [5.74, 6) is -0.269. The minimum Gasteiger partial charge on any atom is -0.387 e. The molecule has 2 N–H and O–H groups in total. The third-order valence-corrected chi connectivity index (χ3v) is 6.54. The van der Waals surface area contributed by atoms with E-state index in [1.165, 1.54) is 12.1 Å². The number of benzene rings is 2. The van der Waals surface area contributed by atoms with E-state index in [-0.39, 0.29) is 17.8 Å². The van der Waals surface area contributed by atoms with Gasteiger partial charge in [-0.3, -0.25) is 4.79 Å². The summed E-state index contributed by atoms with van der Waals surface area (Å²) >= 11 is 0. The lowest BCUT2D eigenvalue weighted by molar-refractivity contribution is -0.116. The minimum absolute atomic E-state index is 0.0384. The van der Waals surface area contributed by atoms with Crippen molar-refractivity contribution < 1.29 is 19.4 Å². The van der Waals surface area contributed by atoms with Crippen LogP contribution in [0, 0.1) is 5.82 Å². The molecule has 0 radical (unpaired) electrons. The fourth-order valence-electron chi connectivity index (χ4n) is 4.84. The molecular weight excluding hydrogens is 383 g/mol. The zero-order chi connectivity index (χ0) is 21.5. The predicted molar refractivity (Wildman–Crippen MR) is 114 cm³/mol. The van der Waals surface area contributed by atoms with E-state index in [0.717, 1.165) is 28.8 Å². The molecule has 6 heteroatoms. The number of carbonyl (C=O) groups excluding carboxylic acids is 1. The van der Waals surface area contributed by atoms with E-state index in [1.54, 1.807) is 19.1 Å². The maximum atomic E-state index is 13.2. The number of piperidine rings is 1. The van der Waals surface area contributed by atoms with E-state index in [0.29, 0.717) is 32.5 Å². The van der Waals surface area contributed by atoms with Crippen LogP contribution in [-0.2, 0) is 16.8 Å². The molecule has 0 aromatic heterocycles. The lowest BCUT2D eigenvalue weighted by atomic mass is 9.84. The van der Waals surface area contributed by atoms with E-state index in [2.05, 4.69) is 4.90 Å². The molecule has 1 saturated heterocycles. The number of aliphatic hydroxyl groups is 2. The molecule has 2 aliphatic rings. The molecule has 1 fully saturated rings. The molecule has 4 rings (SSSR count). The van der Waals surface area contributed by atoms with Gasteiger partial charge in [0.2, 0.25) is 5.91 Å². The molecule has 2 heterocycles. The van der Waals surface area contributed by atoms with E-state index >= 15 is 0 Å². The smallest absolute Gasteiger partial charge is 0.224 e. The Morgan fingerprint density at radius 2 is 1.87 bits per heavy atom. The number of amides is 1. The Morgan fingerprint density at radius 1 is 1.20 bits per heavy atom. The number of likely N-dealkylation sites (tertiary alicyclic amines) is 1. The molecule has 2 atom stereocenters. The largest absolute Gasteiger partial charge is 0.387 e. The average molecular weight is 413 g/mol. The highest BCUT2D eigenvalue weighted by atomic mass is 19.1. The third-order valence-electron chi connectivity index (χ3n) is 6.54. The molecule has 0 saturated carbocycles. The molecule has 0 spiro atoms. The third kappa shape index (κ3) is 4.00. The topological polar surface area (TPSA) is 64.0 Å². The first-order chi connectivity index (χ1) is 14.3. The number of hydrogen-bond acceptors (Lipinski definition) is 4. The number of nitrogens with zero attached hydrogens (tertiary/aromatic N) is 2. The Kier molecular flexibility index (Phi) is 5.66. The molecular formula is C24H29FN2O3. The van der Waals surface area contributed by atoms with Gasteiger partial charge < -0.3 is 20.0 Å². The van der Waals surface area contributed by atoms with Crippen molar-refractivity contribution in [2.45, 2.75) is 50.9 Å². The number of halogens is 1. The number of anilines is 1. The first-order valence-corrected chi connectivity index (χ1v) is 10.6. The van der Waals surface area contributed by atoms with Crippen LogP contribution in [0.3, 0.4) is 0 Å². The number of aliphatic hydroxyl groups excluding tert-OH is 1. The van der Waals surface area contributed by atoms with Crippen LogP contribution in [-0.4, -0.2) is 46.7 Å². The number of hydrogen-bond donors (Lipinski definition) is 2. The predicted octanol–water partition coefficient (Wildman–Crippen LogP) is 3.14. The summed E-state index contributed by atoms with van der Waals surface area (Å²) in [6.45, 7) is 5.42.